The Kier molecular flexibility index (Phi) is 2.43. The maximum Gasteiger partial charge on any atom is 0.158 e. The molecule has 2 rings (SSSR count). The Morgan fingerprint density at radius 2 is 2.27 bits per heavy atom. The average Bonchev–Trinajstić information content (AvgIpc) is 2.60. The Morgan fingerprint density at radius 1 is 1.47 bits per heavy atom. The summed E-state index contributed by atoms with van der Waals surface area (Å²) in [4.78, 5) is 0. The molecule has 0 bridgehead atoms. The van der Waals surface area contributed by atoms with Gasteiger partial charge < -0.3 is 10.8 Å². The highest BCUT2D eigenvalue weighted by molar-refractivity contribution is 5.37. The molecule has 1 aromatic heterocycles. The predicted octanol–water partition coefficient (Wildman–Crippen LogP) is 1.35. The van der Waals surface area contributed by atoms with E-state index in [9.17, 15) is 5.11 Å². The predicted molar refractivity (Wildman–Crippen MR) is 57.9 cm³/mol. The summed E-state index contributed by atoms with van der Waals surface area (Å²) in [7, 11) is 0. The Hall–Kier alpha value is -1.81. The molecule has 0 aliphatic carbocycles. The van der Waals surface area contributed by atoms with Crippen LogP contribution in [-0.4, -0.2) is 14.9 Å². The molecule has 0 aliphatic heterocycles. The van der Waals surface area contributed by atoms with Crippen LogP contribution in [0.5, 0.6) is 5.75 Å². The van der Waals surface area contributed by atoms with E-state index in [4.69, 9.17) is 5.73 Å². The number of nitrogens with zero attached hydrogens (tertiary/aromatic N) is 2. The van der Waals surface area contributed by atoms with E-state index in [1.54, 1.807) is 10.9 Å². The van der Waals surface area contributed by atoms with Gasteiger partial charge in [-0.1, -0.05) is 12.1 Å². The minimum absolute atomic E-state index is 0.138. The zero-order chi connectivity index (χ0) is 10.8. The molecule has 0 spiro atoms. The van der Waals surface area contributed by atoms with Crippen LogP contribution in [-0.2, 0) is 6.54 Å². The van der Waals surface area contributed by atoms with Crippen molar-refractivity contribution in [3.63, 3.8) is 0 Å². The highest BCUT2D eigenvalue weighted by Crippen LogP contribution is 2.17. The SMILES string of the molecule is Cc1cccc(-n2cc(O)c(CN)n2)c1. The average molecular weight is 203 g/mol. The van der Waals surface area contributed by atoms with Crippen LogP contribution in [0.3, 0.4) is 0 Å². The van der Waals surface area contributed by atoms with Gasteiger partial charge in [0.2, 0.25) is 0 Å². The third-order valence-electron chi connectivity index (χ3n) is 2.23. The van der Waals surface area contributed by atoms with Crippen LogP contribution >= 0.6 is 0 Å². The normalized spacial score (nSPS) is 10.5. The molecule has 3 N–H and O–H groups in total. The van der Waals surface area contributed by atoms with Crippen molar-refractivity contribution in [1.82, 2.24) is 9.78 Å². The summed E-state index contributed by atoms with van der Waals surface area (Å²) in [5.74, 6) is 0.138. The zero-order valence-electron chi connectivity index (χ0n) is 8.51. The molecule has 78 valence electrons. The third kappa shape index (κ3) is 1.85. The van der Waals surface area contributed by atoms with Crippen molar-refractivity contribution in [3.8, 4) is 11.4 Å². The zero-order valence-corrected chi connectivity index (χ0v) is 8.51. The summed E-state index contributed by atoms with van der Waals surface area (Å²) in [6, 6.07) is 7.88. The van der Waals surface area contributed by atoms with E-state index < -0.39 is 0 Å². The monoisotopic (exact) mass is 203 g/mol. The van der Waals surface area contributed by atoms with Gasteiger partial charge >= 0.3 is 0 Å². The van der Waals surface area contributed by atoms with Gasteiger partial charge in [-0.05, 0) is 24.6 Å². The Bertz CT molecular complexity index is 476. The summed E-state index contributed by atoms with van der Waals surface area (Å²) in [6.45, 7) is 2.25. The van der Waals surface area contributed by atoms with Crippen molar-refractivity contribution in [2.24, 2.45) is 5.73 Å². The third-order valence-corrected chi connectivity index (χ3v) is 2.23. The van der Waals surface area contributed by atoms with Crippen molar-refractivity contribution in [2.45, 2.75) is 13.5 Å². The summed E-state index contributed by atoms with van der Waals surface area (Å²) in [5, 5.41) is 13.7. The van der Waals surface area contributed by atoms with Crippen molar-refractivity contribution in [1.29, 1.82) is 0 Å². The molecule has 4 nitrogen and oxygen atoms in total. The van der Waals surface area contributed by atoms with Crippen molar-refractivity contribution >= 4 is 0 Å². The summed E-state index contributed by atoms with van der Waals surface area (Å²) in [5.41, 5.74) is 8.02. The van der Waals surface area contributed by atoms with Gasteiger partial charge in [0.25, 0.3) is 0 Å². The van der Waals surface area contributed by atoms with E-state index in [0.29, 0.717) is 5.69 Å². The first-order valence-electron chi connectivity index (χ1n) is 4.75. The smallest absolute Gasteiger partial charge is 0.158 e. The number of aromatic hydroxyl groups is 1. The largest absolute Gasteiger partial charge is 0.504 e. The van der Waals surface area contributed by atoms with E-state index in [2.05, 4.69) is 5.10 Å². The van der Waals surface area contributed by atoms with E-state index in [0.717, 1.165) is 11.3 Å². The molecule has 0 atom stereocenters. The van der Waals surface area contributed by atoms with Crippen LogP contribution in [0.25, 0.3) is 5.69 Å². The molecule has 0 radical (unpaired) electrons. The molecule has 4 heteroatoms. The molecule has 0 saturated heterocycles. The van der Waals surface area contributed by atoms with Gasteiger partial charge in [0.05, 0.1) is 11.9 Å². The Morgan fingerprint density at radius 3 is 2.87 bits per heavy atom. The molecule has 0 amide bonds. The molecule has 0 unspecified atom stereocenters. The second-order valence-electron chi connectivity index (χ2n) is 3.45. The van der Waals surface area contributed by atoms with Crippen molar-refractivity contribution < 1.29 is 5.11 Å². The van der Waals surface area contributed by atoms with Gasteiger partial charge in [-0.2, -0.15) is 5.10 Å². The number of nitrogens with two attached hydrogens (primary N) is 1. The lowest BCUT2D eigenvalue weighted by Crippen LogP contribution is -2.00. The molecule has 15 heavy (non-hydrogen) atoms. The van der Waals surface area contributed by atoms with Crippen molar-refractivity contribution in [2.75, 3.05) is 0 Å². The van der Waals surface area contributed by atoms with Crippen LogP contribution in [0.1, 0.15) is 11.3 Å². The van der Waals surface area contributed by atoms with Crippen LogP contribution < -0.4 is 5.73 Å². The highest BCUT2D eigenvalue weighted by atomic mass is 16.3. The first-order valence-corrected chi connectivity index (χ1v) is 4.75. The minimum atomic E-state index is 0.138. The lowest BCUT2D eigenvalue weighted by molar-refractivity contribution is 0.468. The lowest BCUT2D eigenvalue weighted by atomic mass is 10.2. The number of benzene rings is 1. The molecule has 0 fully saturated rings. The summed E-state index contributed by atoms with van der Waals surface area (Å²) in [6.07, 6.45) is 1.57. The maximum absolute atomic E-state index is 9.50. The molecule has 2 aromatic rings. The standard InChI is InChI=1S/C11H13N3O/c1-8-3-2-4-9(5-8)14-7-11(15)10(6-12)13-14/h2-5,7,15H,6,12H2,1H3. The summed E-state index contributed by atoms with van der Waals surface area (Å²) < 4.78 is 1.63. The molecule has 0 aliphatic rings. The second-order valence-corrected chi connectivity index (χ2v) is 3.45. The van der Waals surface area contributed by atoms with Gasteiger partial charge in [-0.15, -0.1) is 0 Å². The van der Waals surface area contributed by atoms with Gasteiger partial charge in [0, 0.05) is 6.54 Å². The first-order chi connectivity index (χ1) is 7.20. The lowest BCUT2D eigenvalue weighted by Gasteiger charge is -2.01. The van der Waals surface area contributed by atoms with Crippen molar-refractivity contribution in [3.05, 3.63) is 41.7 Å². The number of aryl methyl sites for hydroxylation is 1. The van der Waals surface area contributed by atoms with E-state index in [1.165, 1.54) is 0 Å². The first kappa shape index (κ1) is 9.73. The van der Waals surface area contributed by atoms with Gasteiger partial charge in [-0.3, -0.25) is 0 Å². The second kappa shape index (κ2) is 3.74. The highest BCUT2D eigenvalue weighted by Gasteiger charge is 2.06. The number of rotatable bonds is 2. The number of hydrogen-bond donors (Lipinski definition) is 2. The Labute approximate surface area is 88.0 Å². The van der Waals surface area contributed by atoms with E-state index in [-0.39, 0.29) is 12.3 Å². The maximum atomic E-state index is 9.50. The molecule has 1 heterocycles. The fourth-order valence-corrected chi connectivity index (χ4v) is 1.45. The van der Waals surface area contributed by atoms with Crippen LogP contribution in [0.15, 0.2) is 30.5 Å². The molecular weight excluding hydrogens is 190 g/mol. The number of aromatic nitrogens is 2. The van der Waals surface area contributed by atoms with Gasteiger partial charge in [0.1, 0.15) is 5.69 Å². The minimum Gasteiger partial charge on any atom is -0.504 e. The Balaban J connectivity index is 2.45. The van der Waals surface area contributed by atoms with E-state index in [1.807, 2.05) is 31.2 Å². The van der Waals surface area contributed by atoms with Crippen LogP contribution in [0.4, 0.5) is 0 Å². The fraction of sp³-hybridized carbons (Fsp3) is 0.182. The number of hydrogen-bond acceptors (Lipinski definition) is 3. The summed E-state index contributed by atoms with van der Waals surface area (Å²) >= 11 is 0. The topological polar surface area (TPSA) is 64.1 Å². The van der Waals surface area contributed by atoms with E-state index >= 15 is 0 Å². The van der Waals surface area contributed by atoms with Gasteiger partial charge in [0.15, 0.2) is 5.75 Å². The molecule has 0 saturated carbocycles. The quantitative estimate of drug-likeness (QED) is 0.774. The molecule has 1 aromatic carbocycles. The fourth-order valence-electron chi connectivity index (χ4n) is 1.45. The van der Waals surface area contributed by atoms with Crippen LogP contribution in [0.2, 0.25) is 0 Å². The molecular formula is C11H13N3O. The van der Waals surface area contributed by atoms with Gasteiger partial charge in [-0.25, -0.2) is 4.68 Å². The van der Waals surface area contributed by atoms with Crippen LogP contribution in [0, 0.1) is 6.92 Å².